The molecule has 3 heteroatoms. The number of rotatable bonds is 3. The smallest absolute Gasteiger partial charge is 0.0948 e. The molecule has 0 aliphatic heterocycles. The Morgan fingerprint density at radius 3 is 2.68 bits per heavy atom. The van der Waals surface area contributed by atoms with Crippen molar-refractivity contribution in [2.45, 2.75) is 83.8 Å². The molecule has 1 aromatic heterocycles. The largest absolute Gasteiger partial charge is 0.390 e. The van der Waals surface area contributed by atoms with Crippen LogP contribution < -0.4 is 0 Å². The fraction of sp³-hybridized carbons (Fsp3) is 0.800. The summed E-state index contributed by atoms with van der Waals surface area (Å²) < 4.78 is 2.18. The highest BCUT2D eigenvalue weighted by Gasteiger charge is 2.57. The summed E-state index contributed by atoms with van der Waals surface area (Å²) in [6.07, 6.45) is 17.5. The lowest BCUT2D eigenvalue weighted by molar-refractivity contribution is -0.0979. The molecular weight excluding hydrogens is 344 g/mol. The van der Waals surface area contributed by atoms with Crippen LogP contribution in [0.25, 0.3) is 0 Å². The Labute approximate surface area is 170 Å². The van der Waals surface area contributed by atoms with Crippen molar-refractivity contribution >= 4 is 0 Å². The molecule has 1 aromatic rings. The molecule has 0 aromatic carbocycles. The third kappa shape index (κ3) is 3.00. The van der Waals surface area contributed by atoms with E-state index in [9.17, 15) is 5.11 Å². The SMILES string of the molecule is C=C(Cn1ccnc1)[C@H]1CC[C@H]2[C@@H]3CC[C@H]4C[C@](C)(O)CC[C@@H]4[C@H]3CC[C@]12C. The Kier molecular flexibility index (Phi) is 4.54. The molecule has 3 nitrogen and oxygen atoms in total. The molecule has 0 bridgehead atoms. The highest BCUT2D eigenvalue weighted by atomic mass is 16.3. The molecule has 0 unspecified atom stereocenters. The first kappa shape index (κ1) is 18.9. The summed E-state index contributed by atoms with van der Waals surface area (Å²) >= 11 is 0. The third-order valence-electron chi connectivity index (χ3n) is 9.67. The maximum atomic E-state index is 10.6. The Hall–Kier alpha value is -1.09. The summed E-state index contributed by atoms with van der Waals surface area (Å²) in [5.41, 5.74) is 1.47. The van der Waals surface area contributed by atoms with Crippen molar-refractivity contribution in [2.75, 3.05) is 0 Å². The van der Waals surface area contributed by atoms with Gasteiger partial charge >= 0.3 is 0 Å². The van der Waals surface area contributed by atoms with Crippen LogP contribution in [0.2, 0.25) is 0 Å². The van der Waals surface area contributed by atoms with Crippen LogP contribution in [-0.2, 0) is 6.54 Å². The van der Waals surface area contributed by atoms with Crippen molar-refractivity contribution in [3.05, 3.63) is 30.9 Å². The second-order valence-corrected chi connectivity index (χ2v) is 11.2. The van der Waals surface area contributed by atoms with Crippen LogP contribution in [0.1, 0.15) is 71.6 Å². The van der Waals surface area contributed by atoms with Crippen molar-refractivity contribution in [1.29, 1.82) is 0 Å². The van der Waals surface area contributed by atoms with E-state index in [1.54, 1.807) is 0 Å². The van der Waals surface area contributed by atoms with Gasteiger partial charge in [0.05, 0.1) is 11.9 Å². The number of aliphatic hydroxyl groups is 1. The Morgan fingerprint density at radius 2 is 1.89 bits per heavy atom. The molecule has 1 heterocycles. The van der Waals surface area contributed by atoms with E-state index in [2.05, 4.69) is 36.2 Å². The minimum Gasteiger partial charge on any atom is -0.390 e. The lowest BCUT2D eigenvalue weighted by atomic mass is 9.49. The minimum absolute atomic E-state index is 0.402. The number of fused-ring (bicyclic) bond motifs is 5. The number of hydrogen-bond acceptors (Lipinski definition) is 2. The predicted octanol–water partition coefficient (Wildman–Crippen LogP) is 5.46. The molecule has 154 valence electrons. The lowest BCUT2D eigenvalue weighted by Gasteiger charge is -2.57. The van der Waals surface area contributed by atoms with Crippen molar-refractivity contribution in [2.24, 2.45) is 40.9 Å². The topological polar surface area (TPSA) is 38.0 Å². The summed E-state index contributed by atoms with van der Waals surface area (Å²) in [4.78, 5) is 4.21. The van der Waals surface area contributed by atoms with Gasteiger partial charge in [-0.25, -0.2) is 4.98 Å². The monoisotopic (exact) mass is 382 g/mol. The van der Waals surface area contributed by atoms with E-state index in [0.29, 0.717) is 11.3 Å². The van der Waals surface area contributed by atoms with Crippen molar-refractivity contribution in [1.82, 2.24) is 9.55 Å². The van der Waals surface area contributed by atoms with Crippen LogP contribution in [-0.4, -0.2) is 20.3 Å². The molecule has 0 spiro atoms. The fourth-order valence-corrected chi connectivity index (χ4v) is 8.48. The van der Waals surface area contributed by atoms with Crippen LogP contribution in [0.3, 0.4) is 0 Å². The van der Waals surface area contributed by atoms with Crippen molar-refractivity contribution in [3.63, 3.8) is 0 Å². The van der Waals surface area contributed by atoms with E-state index >= 15 is 0 Å². The van der Waals surface area contributed by atoms with E-state index in [1.807, 2.05) is 12.5 Å². The van der Waals surface area contributed by atoms with Crippen molar-refractivity contribution in [3.8, 4) is 0 Å². The highest BCUT2D eigenvalue weighted by molar-refractivity contribution is 5.16. The van der Waals surface area contributed by atoms with Gasteiger partial charge in [-0.2, -0.15) is 0 Å². The third-order valence-corrected chi connectivity index (χ3v) is 9.67. The number of hydrogen-bond donors (Lipinski definition) is 1. The number of allylic oxidation sites excluding steroid dienone is 1. The first-order chi connectivity index (χ1) is 13.4. The number of nitrogens with zero attached hydrogens (tertiary/aromatic N) is 2. The zero-order valence-corrected chi connectivity index (χ0v) is 17.8. The summed E-state index contributed by atoms with van der Waals surface area (Å²) in [6.45, 7) is 10.2. The molecule has 8 atom stereocenters. The van der Waals surface area contributed by atoms with Crippen LogP contribution in [0, 0.1) is 40.9 Å². The Morgan fingerprint density at radius 1 is 1.07 bits per heavy atom. The molecule has 0 amide bonds. The molecule has 1 N–H and O–H groups in total. The van der Waals surface area contributed by atoms with Gasteiger partial charge in [0.25, 0.3) is 0 Å². The van der Waals surface area contributed by atoms with E-state index in [1.165, 1.54) is 50.5 Å². The van der Waals surface area contributed by atoms with Gasteiger partial charge in [-0.05, 0) is 106 Å². The summed E-state index contributed by atoms with van der Waals surface area (Å²) in [5.74, 6) is 5.08. The second-order valence-electron chi connectivity index (χ2n) is 11.2. The maximum Gasteiger partial charge on any atom is 0.0948 e. The Balaban J connectivity index is 1.32. The van der Waals surface area contributed by atoms with E-state index in [-0.39, 0.29) is 0 Å². The van der Waals surface area contributed by atoms with Crippen LogP contribution >= 0.6 is 0 Å². The van der Waals surface area contributed by atoms with Gasteiger partial charge in [0.2, 0.25) is 0 Å². The van der Waals surface area contributed by atoms with Gasteiger partial charge in [-0.3, -0.25) is 0 Å². The molecule has 28 heavy (non-hydrogen) atoms. The summed E-state index contributed by atoms with van der Waals surface area (Å²) in [6, 6.07) is 0. The van der Waals surface area contributed by atoms with Gasteiger partial charge in [0.15, 0.2) is 0 Å². The molecule has 4 saturated carbocycles. The van der Waals surface area contributed by atoms with Gasteiger partial charge in [-0.15, -0.1) is 0 Å². The average Bonchev–Trinajstić information content (AvgIpc) is 3.27. The molecule has 0 radical (unpaired) electrons. The zero-order chi connectivity index (χ0) is 19.5. The number of aromatic nitrogens is 2. The van der Waals surface area contributed by atoms with E-state index in [4.69, 9.17) is 0 Å². The predicted molar refractivity (Wildman–Crippen MR) is 113 cm³/mol. The molecule has 4 aliphatic rings. The van der Waals surface area contributed by atoms with Crippen LogP contribution in [0.15, 0.2) is 30.9 Å². The zero-order valence-electron chi connectivity index (χ0n) is 17.8. The standard InChI is InChI=1S/C25H38N2O/c1-17(15-27-13-12-26-16-27)22-6-7-23-21-5-4-18-14-24(2,28)10-8-19(18)20(21)9-11-25(22,23)3/h12-13,16,18-23,28H,1,4-11,14-15H2,2-3H3/t18-,19-,20+,21+,22+,23-,24+,25+/m0/s1. The lowest BCUT2D eigenvalue weighted by Crippen LogP contribution is -2.50. The first-order valence-corrected chi connectivity index (χ1v) is 11.7. The normalized spacial score (nSPS) is 47.8. The molecule has 4 aliphatic carbocycles. The second kappa shape index (κ2) is 6.72. The fourth-order valence-electron chi connectivity index (χ4n) is 8.48. The first-order valence-electron chi connectivity index (χ1n) is 11.7. The molecule has 0 saturated heterocycles. The summed E-state index contributed by atoms with van der Waals surface area (Å²) in [7, 11) is 0. The van der Waals surface area contributed by atoms with Crippen molar-refractivity contribution < 1.29 is 5.11 Å². The average molecular weight is 383 g/mol. The Bertz CT molecular complexity index is 723. The minimum atomic E-state index is -0.402. The number of imidazole rings is 1. The molecular formula is C25H38N2O. The van der Waals surface area contributed by atoms with Gasteiger partial charge in [0, 0.05) is 18.9 Å². The van der Waals surface area contributed by atoms with Gasteiger partial charge in [-0.1, -0.05) is 19.1 Å². The summed E-state index contributed by atoms with van der Waals surface area (Å²) in [5, 5.41) is 10.6. The molecule has 5 rings (SSSR count). The van der Waals surface area contributed by atoms with E-state index < -0.39 is 5.60 Å². The van der Waals surface area contributed by atoms with Crippen LogP contribution in [0.5, 0.6) is 0 Å². The quantitative estimate of drug-likeness (QED) is 0.705. The highest BCUT2D eigenvalue weighted by Crippen LogP contribution is 2.65. The molecule has 4 fully saturated rings. The maximum absolute atomic E-state index is 10.6. The van der Waals surface area contributed by atoms with Gasteiger partial charge in [0.1, 0.15) is 0 Å². The van der Waals surface area contributed by atoms with Gasteiger partial charge < -0.3 is 9.67 Å². The van der Waals surface area contributed by atoms with E-state index in [0.717, 1.165) is 49.0 Å². The van der Waals surface area contributed by atoms with Crippen LogP contribution in [0.4, 0.5) is 0 Å².